The molecular weight excluding hydrogens is 322 g/mol. The first-order chi connectivity index (χ1) is 12.1. The lowest BCUT2D eigenvalue weighted by atomic mass is 10.2. The average molecular weight is 345 g/mol. The van der Waals surface area contributed by atoms with E-state index in [0.29, 0.717) is 12.3 Å². The lowest BCUT2D eigenvalue weighted by Crippen LogP contribution is -2.42. The molecule has 0 saturated carbocycles. The zero-order valence-corrected chi connectivity index (χ0v) is 14.4. The normalized spacial score (nSPS) is 15.2. The fourth-order valence-corrected chi connectivity index (χ4v) is 2.87. The van der Waals surface area contributed by atoms with Crippen LogP contribution in [-0.4, -0.2) is 61.4 Å². The number of pyridine rings is 1. The molecule has 2 heterocycles. The standard InChI is InChI=1S/C18H23N3O4/c1-20-15-5-3-2-4-14(15)16(12-18(20)23)25-13-17(22)19-6-7-21-8-10-24-11-9-21/h2-5,12H,6-11,13H2,1H3,(H,19,22). The molecule has 0 bridgehead atoms. The molecule has 25 heavy (non-hydrogen) atoms. The third kappa shape index (κ3) is 4.37. The summed E-state index contributed by atoms with van der Waals surface area (Å²) in [6.45, 7) is 4.53. The minimum absolute atomic E-state index is 0.111. The van der Waals surface area contributed by atoms with E-state index < -0.39 is 0 Å². The number of nitrogens with zero attached hydrogens (tertiary/aromatic N) is 2. The van der Waals surface area contributed by atoms with E-state index in [1.54, 1.807) is 11.6 Å². The Bertz CT molecular complexity index is 796. The highest BCUT2D eigenvalue weighted by molar-refractivity contribution is 5.86. The summed E-state index contributed by atoms with van der Waals surface area (Å²) in [6, 6.07) is 8.89. The monoisotopic (exact) mass is 345 g/mol. The first-order valence-electron chi connectivity index (χ1n) is 8.43. The van der Waals surface area contributed by atoms with E-state index >= 15 is 0 Å². The Morgan fingerprint density at radius 1 is 1.28 bits per heavy atom. The van der Waals surface area contributed by atoms with Crippen molar-refractivity contribution >= 4 is 16.8 Å². The van der Waals surface area contributed by atoms with Crippen LogP contribution >= 0.6 is 0 Å². The van der Waals surface area contributed by atoms with E-state index in [0.717, 1.165) is 43.8 Å². The number of aromatic nitrogens is 1. The minimum Gasteiger partial charge on any atom is -0.483 e. The molecule has 2 aromatic rings. The third-order valence-electron chi connectivity index (χ3n) is 4.33. The smallest absolute Gasteiger partial charge is 0.257 e. The van der Waals surface area contributed by atoms with Gasteiger partial charge in [-0.15, -0.1) is 0 Å². The highest BCUT2D eigenvalue weighted by Gasteiger charge is 2.11. The molecule has 7 nitrogen and oxygen atoms in total. The summed E-state index contributed by atoms with van der Waals surface area (Å²) in [4.78, 5) is 26.2. The Balaban J connectivity index is 1.54. The fraction of sp³-hybridized carbons (Fsp3) is 0.444. The van der Waals surface area contributed by atoms with Gasteiger partial charge in [-0.2, -0.15) is 0 Å². The number of hydrogen-bond acceptors (Lipinski definition) is 5. The van der Waals surface area contributed by atoms with E-state index in [-0.39, 0.29) is 18.1 Å². The van der Waals surface area contributed by atoms with Crippen LogP contribution in [0.15, 0.2) is 35.1 Å². The number of benzene rings is 1. The molecule has 0 spiro atoms. The van der Waals surface area contributed by atoms with E-state index in [9.17, 15) is 9.59 Å². The second-order valence-electron chi connectivity index (χ2n) is 6.02. The molecule has 0 aliphatic carbocycles. The maximum Gasteiger partial charge on any atom is 0.257 e. The van der Waals surface area contributed by atoms with Crippen molar-refractivity contribution in [2.75, 3.05) is 46.0 Å². The summed E-state index contributed by atoms with van der Waals surface area (Å²) in [6.07, 6.45) is 0. The van der Waals surface area contributed by atoms with Gasteiger partial charge in [-0.1, -0.05) is 12.1 Å². The molecular formula is C18H23N3O4. The number of amides is 1. The first-order valence-corrected chi connectivity index (χ1v) is 8.43. The number of aryl methyl sites for hydroxylation is 1. The topological polar surface area (TPSA) is 72.8 Å². The Kier molecular flexibility index (Phi) is 5.67. The highest BCUT2D eigenvalue weighted by atomic mass is 16.5. The van der Waals surface area contributed by atoms with Crippen molar-refractivity contribution in [3.8, 4) is 5.75 Å². The molecule has 3 rings (SSSR count). The van der Waals surface area contributed by atoms with E-state index in [1.165, 1.54) is 6.07 Å². The van der Waals surface area contributed by atoms with Gasteiger partial charge in [0.2, 0.25) is 0 Å². The van der Waals surface area contributed by atoms with Gasteiger partial charge < -0.3 is 19.4 Å². The molecule has 7 heteroatoms. The summed E-state index contributed by atoms with van der Waals surface area (Å²) in [5.41, 5.74) is 0.610. The molecule has 1 aromatic carbocycles. The second kappa shape index (κ2) is 8.13. The minimum atomic E-state index is -0.196. The van der Waals surface area contributed by atoms with Crippen LogP contribution in [0.1, 0.15) is 0 Å². The SMILES string of the molecule is Cn1c(=O)cc(OCC(=O)NCCN2CCOCC2)c2ccccc21. The van der Waals surface area contributed by atoms with E-state index in [4.69, 9.17) is 9.47 Å². The molecule has 1 fully saturated rings. The quantitative estimate of drug-likeness (QED) is 0.819. The number of nitrogens with one attached hydrogen (secondary N) is 1. The van der Waals surface area contributed by atoms with Gasteiger partial charge in [0.15, 0.2) is 6.61 Å². The van der Waals surface area contributed by atoms with Gasteiger partial charge in [0.1, 0.15) is 5.75 Å². The lowest BCUT2D eigenvalue weighted by Gasteiger charge is -2.26. The maximum atomic E-state index is 12.0. The number of ether oxygens (including phenoxy) is 2. The Hall–Kier alpha value is -2.38. The van der Waals surface area contributed by atoms with Gasteiger partial charge in [-0.3, -0.25) is 14.5 Å². The summed E-state index contributed by atoms with van der Waals surface area (Å²) < 4.78 is 12.5. The predicted octanol–water partition coefficient (Wildman–Crippen LogP) is 0.366. The van der Waals surface area contributed by atoms with Gasteiger partial charge in [0.05, 0.1) is 18.7 Å². The highest BCUT2D eigenvalue weighted by Crippen LogP contribution is 2.22. The van der Waals surface area contributed by atoms with Crippen LogP contribution < -0.4 is 15.6 Å². The molecule has 1 aromatic heterocycles. The van der Waals surface area contributed by atoms with Crippen LogP contribution in [0.3, 0.4) is 0 Å². The van der Waals surface area contributed by atoms with Gasteiger partial charge in [-0.05, 0) is 12.1 Å². The zero-order valence-electron chi connectivity index (χ0n) is 14.4. The van der Waals surface area contributed by atoms with Gasteiger partial charge in [-0.25, -0.2) is 0 Å². The molecule has 1 aliphatic heterocycles. The van der Waals surface area contributed by atoms with Crippen LogP contribution in [0.4, 0.5) is 0 Å². The van der Waals surface area contributed by atoms with Crippen LogP contribution in [0.25, 0.3) is 10.9 Å². The maximum absolute atomic E-state index is 12.0. The summed E-state index contributed by atoms with van der Waals surface area (Å²) in [5, 5.41) is 3.66. The molecule has 1 aliphatic rings. The first kappa shape index (κ1) is 17.4. The van der Waals surface area contributed by atoms with Crippen molar-refractivity contribution < 1.29 is 14.3 Å². The molecule has 1 saturated heterocycles. The zero-order chi connectivity index (χ0) is 17.6. The number of fused-ring (bicyclic) bond motifs is 1. The van der Waals surface area contributed by atoms with Crippen molar-refractivity contribution in [3.05, 3.63) is 40.7 Å². The van der Waals surface area contributed by atoms with Gasteiger partial charge in [0.25, 0.3) is 11.5 Å². The molecule has 0 radical (unpaired) electrons. The largest absolute Gasteiger partial charge is 0.483 e. The summed E-state index contributed by atoms with van der Waals surface area (Å²) in [5.74, 6) is 0.236. The van der Waals surface area contributed by atoms with Crippen molar-refractivity contribution in [1.82, 2.24) is 14.8 Å². The Morgan fingerprint density at radius 3 is 2.84 bits per heavy atom. The van der Waals surface area contributed by atoms with Crippen molar-refractivity contribution in [1.29, 1.82) is 0 Å². The fourth-order valence-electron chi connectivity index (χ4n) is 2.87. The summed E-state index contributed by atoms with van der Waals surface area (Å²) in [7, 11) is 1.72. The van der Waals surface area contributed by atoms with E-state index in [2.05, 4.69) is 10.2 Å². The Labute approximate surface area is 146 Å². The number of carbonyl (C=O) groups is 1. The molecule has 1 N–H and O–H groups in total. The van der Waals surface area contributed by atoms with Gasteiger partial charge in [0, 0.05) is 44.7 Å². The number of rotatable bonds is 6. The molecule has 134 valence electrons. The Morgan fingerprint density at radius 2 is 2.04 bits per heavy atom. The van der Waals surface area contributed by atoms with Crippen LogP contribution in [0, 0.1) is 0 Å². The van der Waals surface area contributed by atoms with E-state index in [1.807, 2.05) is 24.3 Å². The predicted molar refractivity (Wildman–Crippen MR) is 95.0 cm³/mol. The van der Waals surface area contributed by atoms with Crippen molar-refractivity contribution in [2.45, 2.75) is 0 Å². The van der Waals surface area contributed by atoms with Gasteiger partial charge >= 0.3 is 0 Å². The molecule has 1 amide bonds. The molecule has 0 atom stereocenters. The van der Waals surface area contributed by atoms with Crippen molar-refractivity contribution in [2.24, 2.45) is 7.05 Å². The average Bonchev–Trinajstić information content (AvgIpc) is 2.64. The molecule has 0 unspecified atom stereocenters. The van der Waals surface area contributed by atoms with Crippen LogP contribution in [0.5, 0.6) is 5.75 Å². The summed E-state index contributed by atoms with van der Waals surface area (Å²) >= 11 is 0. The number of morpholine rings is 1. The van der Waals surface area contributed by atoms with Crippen LogP contribution in [0.2, 0.25) is 0 Å². The van der Waals surface area contributed by atoms with Crippen LogP contribution in [-0.2, 0) is 16.6 Å². The third-order valence-corrected chi connectivity index (χ3v) is 4.33. The van der Waals surface area contributed by atoms with Crippen molar-refractivity contribution in [3.63, 3.8) is 0 Å². The lowest BCUT2D eigenvalue weighted by molar-refractivity contribution is -0.123. The number of carbonyl (C=O) groups excluding carboxylic acids is 1. The number of para-hydroxylation sites is 1. The second-order valence-corrected chi connectivity index (χ2v) is 6.02. The number of hydrogen-bond donors (Lipinski definition) is 1.